The molecule has 0 amide bonds. The molecule has 2 aromatic rings. The molecule has 3 rings (SSSR count). The highest BCUT2D eigenvalue weighted by Crippen LogP contribution is 2.31. The maximum Gasteiger partial charge on any atom is 0.323 e. The fourth-order valence-electron chi connectivity index (χ4n) is 3.86. The third kappa shape index (κ3) is 6.50. The highest BCUT2D eigenvalue weighted by atomic mass is 16.5. The zero-order valence-corrected chi connectivity index (χ0v) is 19.0. The van der Waals surface area contributed by atoms with Gasteiger partial charge in [-0.05, 0) is 67.6 Å². The van der Waals surface area contributed by atoms with Crippen molar-refractivity contribution in [1.29, 1.82) is 0 Å². The van der Waals surface area contributed by atoms with Crippen molar-refractivity contribution in [3.63, 3.8) is 0 Å². The van der Waals surface area contributed by atoms with E-state index in [9.17, 15) is 4.79 Å². The molecule has 0 bridgehead atoms. The number of carbonyl (C=O) groups is 1. The lowest BCUT2D eigenvalue weighted by Gasteiger charge is -2.25. The monoisotopic (exact) mass is 439 g/mol. The zero-order chi connectivity index (χ0) is 22.8. The van der Waals surface area contributed by atoms with E-state index in [4.69, 9.17) is 18.9 Å². The third-order valence-electron chi connectivity index (χ3n) is 5.59. The molecular formula is C26H33NO5. The first-order valence-corrected chi connectivity index (χ1v) is 11.1. The summed E-state index contributed by atoms with van der Waals surface area (Å²) >= 11 is 0. The van der Waals surface area contributed by atoms with Gasteiger partial charge in [0.25, 0.3) is 0 Å². The molecule has 32 heavy (non-hydrogen) atoms. The smallest absolute Gasteiger partial charge is 0.323 e. The van der Waals surface area contributed by atoms with E-state index < -0.39 is 0 Å². The molecule has 6 heteroatoms. The summed E-state index contributed by atoms with van der Waals surface area (Å²) in [4.78, 5) is 12.9. The Hall–Kier alpha value is -2.99. The molecule has 0 aromatic heterocycles. The van der Waals surface area contributed by atoms with Crippen molar-refractivity contribution in [2.45, 2.75) is 44.2 Å². The van der Waals surface area contributed by atoms with Gasteiger partial charge in [-0.2, -0.15) is 0 Å². The molecule has 1 fully saturated rings. The summed E-state index contributed by atoms with van der Waals surface area (Å²) in [6.45, 7) is 4.96. The fraction of sp³-hybridized carbons (Fsp3) is 0.423. The second-order valence-electron chi connectivity index (χ2n) is 7.83. The molecule has 1 N–H and O–H groups in total. The van der Waals surface area contributed by atoms with Gasteiger partial charge >= 0.3 is 5.97 Å². The first kappa shape index (κ1) is 23.7. The highest BCUT2D eigenvalue weighted by molar-refractivity contribution is 5.76. The second kappa shape index (κ2) is 12.2. The third-order valence-corrected chi connectivity index (χ3v) is 5.59. The minimum absolute atomic E-state index is 0.195. The lowest BCUT2D eigenvalue weighted by Crippen LogP contribution is -2.41. The van der Waals surface area contributed by atoms with E-state index in [0.29, 0.717) is 30.9 Å². The zero-order valence-electron chi connectivity index (χ0n) is 19.0. The van der Waals surface area contributed by atoms with Crippen molar-refractivity contribution in [1.82, 2.24) is 5.32 Å². The molecule has 6 nitrogen and oxygen atoms in total. The quantitative estimate of drug-likeness (QED) is 0.407. The fourth-order valence-corrected chi connectivity index (χ4v) is 3.86. The van der Waals surface area contributed by atoms with Crippen LogP contribution in [0.5, 0.6) is 17.2 Å². The number of esters is 1. The number of aryl methyl sites for hydroxylation is 1. The van der Waals surface area contributed by atoms with Crippen LogP contribution in [0, 0.1) is 0 Å². The van der Waals surface area contributed by atoms with Gasteiger partial charge in [0.05, 0.1) is 14.2 Å². The van der Waals surface area contributed by atoms with Gasteiger partial charge in [-0.3, -0.25) is 4.79 Å². The maximum absolute atomic E-state index is 12.9. The van der Waals surface area contributed by atoms with E-state index in [1.807, 2.05) is 42.5 Å². The van der Waals surface area contributed by atoms with E-state index in [0.717, 1.165) is 42.7 Å². The predicted molar refractivity (Wildman–Crippen MR) is 124 cm³/mol. The standard InChI is InChI=1S/C26H33NO5/c1-4-16-31-21-9-7-8-20(18-21)23(32-26(28)22-10-5-6-15-27-22)13-11-19-12-14-24(29-2)25(17-19)30-3/h4,7-9,12,14,17-18,22-23,27H,1,5-6,10-11,13,15-16H2,2-3H3/t22-,23+/m0/s1. The van der Waals surface area contributed by atoms with Crippen LogP contribution in [0.2, 0.25) is 0 Å². The van der Waals surface area contributed by atoms with Crippen LogP contribution in [0.1, 0.15) is 42.9 Å². The van der Waals surface area contributed by atoms with Gasteiger partial charge in [0.1, 0.15) is 24.5 Å². The number of nitrogens with one attached hydrogen (secondary N) is 1. The van der Waals surface area contributed by atoms with E-state index in [2.05, 4.69) is 11.9 Å². The number of methoxy groups -OCH3 is 2. The Morgan fingerprint density at radius 1 is 1.16 bits per heavy atom. The summed E-state index contributed by atoms with van der Waals surface area (Å²) in [6.07, 6.45) is 5.61. The summed E-state index contributed by atoms with van der Waals surface area (Å²) < 4.78 is 22.5. The number of hydrogen-bond donors (Lipinski definition) is 1. The van der Waals surface area contributed by atoms with Gasteiger partial charge < -0.3 is 24.3 Å². The lowest BCUT2D eigenvalue weighted by molar-refractivity contribution is -0.153. The highest BCUT2D eigenvalue weighted by Gasteiger charge is 2.26. The summed E-state index contributed by atoms with van der Waals surface area (Å²) in [5, 5.41) is 3.28. The van der Waals surface area contributed by atoms with Gasteiger partial charge in [-0.15, -0.1) is 0 Å². The summed E-state index contributed by atoms with van der Waals surface area (Å²) in [6, 6.07) is 13.3. The van der Waals surface area contributed by atoms with E-state index >= 15 is 0 Å². The van der Waals surface area contributed by atoms with Crippen molar-refractivity contribution >= 4 is 5.97 Å². The van der Waals surface area contributed by atoms with E-state index in [1.165, 1.54) is 0 Å². The summed E-state index contributed by atoms with van der Waals surface area (Å²) in [5.41, 5.74) is 2.00. The topological polar surface area (TPSA) is 66.0 Å². The number of ether oxygens (including phenoxy) is 4. The van der Waals surface area contributed by atoms with Crippen LogP contribution < -0.4 is 19.5 Å². The molecule has 0 aliphatic carbocycles. The Labute approximate surface area is 190 Å². The Morgan fingerprint density at radius 3 is 2.72 bits per heavy atom. The maximum atomic E-state index is 12.9. The minimum atomic E-state index is -0.383. The number of rotatable bonds is 11. The predicted octanol–water partition coefficient (Wildman–Crippen LogP) is 4.63. The Morgan fingerprint density at radius 2 is 2.00 bits per heavy atom. The Kier molecular flexibility index (Phi) is 8.99. The van der Waals surface area contributed by atoms with Crippen molar-refractivity contribution in [3.05, 3.63) is 66.2 Å². The molecule has 0 radical (unpaired) electrons. The number of carbonyl (C=O) groups excluding carboxylic acids is 1. The van der Waals surface area contributed by atoms with Crippen molar-refractivity contribution in [3.8, 4) is 17.2 Å². The van der Waals surface area contributed by atoms with Gasteiger partial charge in [-0.1, -0.05) is 37.3 Å². The number of hydrogen-bond acceptors (Lipinski definition) is 6. The molecule has 2 aromatic carbocycles. The van der Waals surface area contributed by atoms with Crippen LogP contribution in [0.25, 0.3) is 0 Å². The first-order valence-electron chi connectivity index (χ1n) is 11.1. The largest absolute Gasteiger partial charge is 0.493 e. The van der Waals surface area contributed by atoms with Gasteiger partial charge in [0, 0.05) is 0 Å². The SMILES string of the molecule is C=CCOc1cccc([C@@H](CCc2ccc(OC)c(OC)c2)OC(=O)[C@@H]2CCCCN2)c1. The number of benzene rings is 2. The van der Waals surface area contributed by atoms with E-state index in [1.54, 1.807) is 20.3 Å². The molecule has 0 spiro atoms. The second-order valence-corrected chi connectivity index (χ2v) is 7.83. The van der Waals surface area contributed by atoms with Crippen LogP contribution >= 0.6 is 0 Å². The van der Waals surface area contributed by atoms with E-state index in [-0.39, 0.29) is 18.1 Å². The van der Waals surface area contributed by atoms with Crippen LogP contribution in [-0.4, -0.2) is 39.4 Å². The Balaban J connectivity index is 1.77. The summed E-state index contributed by atoms with van der Waals surface area (Å²) in [7, 11) is 3.24. The molecule has 2 atom stereocenters. The average Bonchev–Trinajstić information content (AvgIpc) is 2.85. The van der Waals surface area contributed by atoms with Crippen molar-refractivity contribution in [2.75, 3.05) is 27.4 Å². The van der Waals surface area contributed by atoms with Gasteiger partial charge in [0.2, 0.25) is 0 Å². The van der Waals surface area contributed by atoms with Crippen molar-refractivity contribution in [2.24, 2.45) is 0 Å². The first-order chi connectivity index (χ1) is 15.6. The molecule has 1 saturated heterocycles. The normalized spacial score (nSPS) is 16.6. The average molecular weight is 440 g/mol. The Bertz CT molecular complexity index is 892. The molecule has 0 unspecified atom stereocenters. The summed E-state index contributed by atoms with van der Waals surface area (Å²) in [5.74, 6) is 1.91. The van der Waals surface area contributed by atoms with Crippen LogP contribution in [0.15, 0.2) is 55.1 Å². The van der Waals surface area contributed by atoms with Crippen LogP contribution in [0.3, 0.4) is 0 Å². The minimum Gasteiger partial charge on any atom is -0.493 e. The molecular weight excluding hydrogens is 406 g/mol. The van der Waals surface area contributed by atoms with Gasteiger partial charge in [-0.25, -0.2) is 0 Å². The van der Waals surface area contributed by atoms with Crippen molar-refractivity contribution < 1.29 is 23.7 Å². The molecule has 0 saturated carbocycles. The molecule has 172 valence electrons. The lowest BCUT2D eigenvalue weighted by atomic mass is 10.00. The number of piperidine rings is 1. The van der Waals surface area contributed by atoms with Crippen LogP contribution in [0.4, 0.5) is 0 Å². The molecule has 1 aliphatic heterocycles. The molecule has 1 heterocycles. The van der Waals surface area contributed by atoms with Gasteiger partial charge in [0.15, 0.2) is 11.5 Å². The molecule has 1 aliphatic rings. The van der Waals surface area contributed by atoms with Crippen LogP contribution in [-0.2, 0) is 16.0 Å².